The van der Waals surface area contributed by atoms with Crippen molar-refractivity contribution in [3.63, 3.8) is 0 Å². The van der Waals surface area contributed by atoms with Gasteiger partial charge in [-0.2, -0.15) is 0 Å². The first-order valence-corrected chi connectivity index (χ1v) is 6.71. The Morgan fingerprint density at radius 2 is 2.00 bits per heavy atom. The van der Waals surface area contributed by atoms with E-state index in [1.807, 2.05) is 31.2 Å². The van der Waals surface area contributed by atoms with Gasteiger partial charge in [-0.25, -0.2) is 13.1 Å². The molecule has 4 heteroatoms. The minimum absolute atomic E-state index is 0.204. The van der Waals surface area contributed by atoms with Crippen LogP contribution in [-0.2, 0) is 16.4 Å². The van der Waals surface area contributed by atoms with Crippen molar-refractivity contribution in [2.75, 3.05) is 12.3 Å². The fourth-order valence-corrected chi connectivity index (χ4v) is 2.37. The second kappa shape index (κ2) is 5.88. The van der Waals surface area contributed by atoms with Crippen LogP contribution in [0.5, 0.6) is 0 Å². The minimum Gasteiger partial charge on any atom is -0.215 e. The highest BCUT2D eigenvalue weighted by molar-refractivity contribution is 7.89. The molecule has 3 nitrogen and oxygen atoms in total. The number of hydrogen-bond donors (Lipinski definition) is 1. The minimum atomic E-state index is -3.06. The Morgan fingerprint density at radius 3 is 2.60 bits per heavy atom. The van der Waals surface area contributed by atoms with Gasteiger partial charge in [0.05, 0.1) is 5.75 Å². The highest BCUT2D eigenvalue weighted by Gasteiger charge is 2.06. The van der Waals surface area contributed by atoms with Gasteiger partial charge in [-0.3, -0.25) is 0 Å². The van der Waals surface area contributed by atoms with Crippen LogP contribution in [0, 0.1) is 6.07 Å². The maximum atomic E-state index is 11.3. The lowest BCUT2D eigenvalue weighted by Crippen LogP contribution is -2.28. The van der Waals surface area contributed by atoms with E-state index in [0.29, 0.717) is 13.0 Å². The fraction of sp³-hybridized carbons (Fsp3) is 0.455. The van der Waals surface area contributed by atoms with Crippen molar-refractivity contribution in [1.82, 2.24) is 4.72 Å². The fourth-order valence-electron chi connectivity index (χ4n) is 1.28. The topological polar surface area (TPSA) is 46.2 Å². The maximum absolute atomic E-state index is 11.3. The zero-order valence-corrected chi connectivity index (χ0v) is 9.68. The number of sulfonamides is 1. The molecule has 1 aromatic rings. The van der Waals surface area contributed by atoms with E-state index in [1.54, 1.807) is 0 Å². The van der Waals surface area contributed by atoms with E-state index in [0.717, 1.165) is 12.0 Å². The summed E-state index contributed by atoms with van der Waals surface area (Å²) < 4.78 is 25.2. The number of benzene rings is 1. The van der Waals surface area contributed by atoms with Gasteiger partial charge in [-0.15, -0.1) is 0 Å². The summed E-state index contributed by atoms with van der Waals surface area (Å²) in [5, 5.41) is 0. The molecule has 0 aliphatic heterocycles. The number of nitrogens with one attached hydrogen (secondary N) is 1. The largest absolute Gasteiger partial charge is 0.215 e. The van der Waals surface area contributed by atoms with Crippen molar-refractivity contribution in [2.45, 2.75) is 19.8 Å². The Hall–Kier alpha value is -0.870. The first-order chi connectivity index (χ1) is 7.14. The van der Waals surface area contributed by atoms with Gasteiger partial charge < -0.3 is 0 Å². The second-order valence-electron chi connectivity index (χ2n) is 3.37. The molecule has 1 rings (SSSR count). The van der Waals surface area contributed by atoms with E-state index >= 15 is 0 Å². The summed E-state index contributed by atoms with van der Waals surface area (Å²) in [6.45, 7) is 2.32. The van der Waals surface area contributed by atoms with Crippen molar-refractivity contribution >= 4 is 10.0 Å². The van der Waals surface area contributed by atoms with Crippen LogP contribution in [0.3, 0.4) is 0 Å². The third-order valence-corrected chi connectivity index (χ3v) is 3.59. The van der Waals surface area contributed by atoms with Crippen molar-refractivity contribution in [2.24, 2.45) is 0 Å². The van der Waals surface area contributed by atoms with Crippen molar-refractivity contribution in [1.29, 1.82) is 0 Å². The quantitative estimate of drug-likeness (QED) is 0.796. The molecule has 1 radical (unpaired) electrons. The summed E-state index contributed by atoms with van der Waals surface area (Å²) in [6.07, 6.45) is 1.37. The predicted molar refractivity (Wildman–Crippen MR) is 61.1 cm³/mol. The number of hydrogen-bond acceptors (Lipinski definition) is 2. The van der Waals surface area contributed by atoms with Crippen LogP contribution in [0.4, 0.5) is 0 Å². The molecule has 0 amide bonds. The zero-order valence-electron chi connectivity index (χ0n) is 8.86. The summed E-state index contributed by atoms with van der Waals surface area (Å²) >= 11 is 0. The summed E-state index contributed by atoms with van der Waals surface area (Å²) in [7, 11) is -3.06. The van der Waals surface area contributed by atoms with Crippen LogP contribution >= 0.6 is 0 Å². The molecular weight excluding hydrogens is 210 g/mol. The zero-order chi connectivity index (χ0) is 11.1. The average molecular weight is 226 g/mol. The van der Waals surface area contributed by atoms with Gasteiger partial charge in [0.1, 0.15) is 0 Å². The molecule has 83 valence electrons. The van der Waals surface area contributed by atoms with Gasteiger partial charge in [-0.1, -0.05) is 31.2 Å². The molecule has 0 fully saturated rings. The first-order valence-electron chi connectivity index (χ1n) is 5.06. The summed E-state index contributed by atoms with van der Waals surface area (Å²) in [5.74, 6) is 0.204. The molecule has 0 unspecified atom stereocenters. The SMILES string of the molecule is CCCS(=O)(=O)NCCc1cc[c]cc1. The molecule has 0 saturated heterocycles. The van der Waals surface area contributed by atoms with Gasteiger partial charge in [0, 0.05) is 6.54 Å². The highest BCUT2D eigenvalue weighted by Crippen LogP contribution is 1.98. The third kappa shape index (κ3) is 4.95. The van der Waals surface area contributed by atoms with Crippen molar-refractivity contribution in [3.8, 4) is 0 Å². The van der Waals surface area contributed by atoms with Crippen LogP contribution in [0.1, 0.15) is 18.9 Å². The van der Waals surface area contributed by atoms with Crippen LogP contribution < -0.4 is 4.72 Å². The van der Waals surface area contributed by atoms with Crippen LogP contribution in [0.15, 0.2) is 24.3 Å². The van der Waals surface area contributed by atoms with Gasteiger partial charge >= 0.3 is 0 Å². The Labute approximate surface area is 91.6 Å². The Bertz CT molecular complexity index is 373. The Balaban J connectivity index is 2.34. The molecule has 0 bridgehead atoms. The monoisotopic (exact) mass is 226 g/mol. The summed E-state index contributed by atoms with van der Waals surface area (Å²) in [5.41, 5.74) is 1.12. The molecule has 0 atom stereocenters. The predicted octanol–water partition coefficient (Wildman–Crippen LogP) is 1.36. The van der Waals surface area contributed by atoms with Crippen molar-refractivity contribution < 1.29 is 8.42 Å². The van der Waals surface area contributed by atoms with E-state index in [2.05, 4.69) is 10.8 Å². The Morgan fingerprint density at radius 1 is 1.33 bits per heavy atom. The molecule has 1 N–H and O–H groups in total. The van der Waals surface area contributed by atoms with E-state index < -0.39 is 10.0 Å². The molecule has 0 heterocycles. The van der Waals surface area contributed by atoms with Gasteiger partial charge in [-0.05, 0) is 24.5 Å². The Kier molecular flexibility index (Phi) is 4.78. The molecule has 0 saturated carbocycles. The van der Waals surface area contributed by atoms with E-state index in [1.165, 1.54) is 0 Å². The second-order valence-corrected chi connectivity index (χ2v) is 5.30. The highest BCUT2D eigenvalue weighted by atomic mass is 32.2. The number of rotatable bonds is 6. The lowest BCUT2D eigenvalue weighted by molar-refractivity contribution is 0.580. The summed E-state index contributed by atoms with van der Waals surface area (Å²) in [4.78, 5) is 0. The first kappa shape index (κ1) is 12.2. The molecule has 0 aliphatic rings. The van der Waals surface area contributed by atoms with Gasteiger partial charge in [0.15, 0.2) is 0 Å². The van der Waals surface area contributed by atoms with Gasteiger partial charge in [0.2, 0.25) is 10.0 Å². The maximum Gasteiger partial charge on any atom is 0.211 e. The lowest BCUT2D eigenvalue weighted by atomic mass is 10.2. The van der Waals surface area contributed by atoms with Crippen LogP contribution in [0.2, 0.25) is 0 Å². The normalized spacial score (nSPS) is 11.5. The lowest BCUT2D eigenvalue weighted by Gasteiger charge is -2.05. The third-order valence-electron chi connectivity index (χ3n) is 2.00. The molecule has 15 heavy (non-hydrogen) atoms. The summed E-state index contributed by atoms with van der Waals surface area (Å²) in [6, 6.07) is 10.5. The van der Waals surface area contributed by atoms with Gasteiger partial charge in [0.25, 0.3) is 0 Å². The molecular formula is C11H16NO2S. The van der Waals surface area contributed by atoms with E-state index in [9.17, 15) is 8.42 Å². The standard InChI is InChI=1S/C11H16NO2S/c1-2-10-15(13,14)12-9-8-11-6-4-3-5-7-11/h4-7,12H,2,8-10H2,1H3. The van der Waals surface area contributed by atoms with Crippen LogP contribution in [0.25, 0.3) is 0 Å². The van der Waals surface area contributed by atoms with Crippen molar-refractivity contribution in [3.05, 3.63) is 35.9 Å². The van der Waals surface area contributed by atoms with Crippen LogP contribution in [-0.4, -0.2) is 20.7 Å². The van der Waals surface area contributed by atoms with E-state index in [4.69, 9.17) is 0 Å². The van der Waals surface area contributed by atoms with E-state index in [-0.39, 0.29) is 5.75 Å². The molecule has 0 aliphatic carbocycles. The smallest absolute Gasteiger partial charge is 0.211 e. The molecule has 0 spiro atoms. The molecule has 0 aromatic heterocycles. The average Bonchev–Trinajstić information content (AvgIpc) is 2.19. The molecule has 1 aromatic carbocycles.